The van der Waals surface area contributed by atoms with Gasteiger partial charge in [-0.05, 0) is 30.9 Å². The summed E-state index contributed by atoms with van der Waals surface area (Å²) in [4.78, 5) is 3.86. The molecule has 6 heteroatoms. The van der Waals surface area contributed by atoms with Crippen LogP contribution in [0.15, 0.2) is 0 Å². The molecule has 84 valence electrons. The largest absolute Gasteiger partial charge is 0.472 e. The van der Waals surface area contributed by atoms with E-state index in [4.69, 9.17) is 27.9 Å². The summed E-state index contributed by atoms with van der Waals surface area (Å²) in [5.41, 5.74) is 0. The van der Waals surface area contributed by atoms with Crippen LogP contribution in [0.5, 0.6) is 5.88 Å². The Balaban J connectivity index is 2.67. The molecule has 1 unspecified atom stereocenters. The first-order valence-corrected chi connectivity index (χ1v) is 5.47. The third kappa shape index (κ3) is 4.18. The molecule has 0 saturated heterocycles. The second-order valence-corrected chi connectivity index (χ2v) is 4.43. The van der Waals surface area contributed by atoms with Gasteiger partial charge in [0.2, 0.25) is 10.4 Å². The monoisotopic (exact) mass is 249 g/mol. The molecule has 0 N–H and O–H groups in total. The minimum absolute atomic E-state index is 0.0234. The minimum atomic E-state index is 0.0234. The maximum Gasteiger partial charge on any atom is 0.257 e. The van der Waals surface area contributed by atoms with Gasteiger partial charge in [-0.1, -0.05) is 25.4 Å². The van der Waals surface area contributed by atoms with E-state index in [9.17, 15) is 0 Å². The van der Waals surface area contributed by atoms with Crippen molar-refractivity contribution in [2.24, 2.45) is 5.92 Å². The summed E-state index contributed by atoms with van der Waals surface area (Å²) < 4.78 is 5.51. The van der Waals surface area contributed by atoms with E-state index < -0.39 is 0 Å². The second-order valence-electron chi connectivity index (χ2n) is 3.73. The molecule has 0 saturated carbocycles. The van der Waals surface area contributed by atoms with Crippen molar-refractivity contribution in [3.05, 3.63) is 10.4 Å². The van der Waals surface area contributed by atoms with Gasteiger partial charge in [-0.25, -0.2) is 0 Å². The van der Waals surface area contributed by atoms with Gasteiger partial charge in [0.05, 0.1) is 6.10 Å². The summed E-state index contributed by atoms with van der Waals surface area (Å²) in [5.74, 6) is 0.786. The fraction of sp³-hybridized carbons (Fsp3) is 0.667. The predicted molar refractivity (Wildman–Crippen MR) is 59.4 cm³/mol. The zero-order valence-corrected chi connectivity index (χ0v) is 10.4. The Hall–Kier alpha value is -0.610. The predicted octanol–water partition coefficient (Wildman–Crippen LogP) is 2.99. The molecule has 15 heavy (non-hydrogen) atoms. The van der Waals surface area contributed by atoms with Crippen LogP contribution in [0.3, 0.4) is 0 Å². The molecule has 4 nitrogen and oxygen atoms in total. The van der Waals surface area contributed by atoms with Crippen LogP contribution in [0.2, 0.25) is 10.4 Å². The fourth-order valence-corrected chi connectivity index (χ4v) is 1.50. The van der Waals surface area contributed by atoms with Crippen LogP contribution in [0, 0.1) is 5.92 Å². The van der Waals surface area contributed by atoms with E-state index in [1.807, 2.05) is 6.92 Å². The lowest BCUT2D eigenvalue weighted by molar-refractivity contribution is 0.184. The van der Waals surface area contributed by atoms with Gasteiger partial charge in [-0.15, -0.1) is 10.2 Å². The van der Waals surface area contributed by atoms with E-state index >= 15 is 0 Å². The van der Waals surface area contributed by atoms with E-state index in [2.05, 4.69) is 29.0 Å². The van der Waals surface area contributed by atoms with Crippen LogP contribution < -0.4 is 4.74 Å². The van der Waals surface area contributed by atoms with Crippen molar-refractivity contribution >= 4 is 23.2 Å². The molecule has 1 aromatic heterocycles. The highest BCUT2D eigenvalue weighted by atomic mass is 35.5. The van der Waals surface area contributed by atoms with Crippen molar-refractivity contribution in [1.82, 2.24) is 15.2 Å². The summed E-state index contributed by atoms with van der Waals surface area (Å²) >= 11 is 11.3. The van der Waals surface area contributed by atoms with E-state index in [0.29, 0.717) is 5.92 Å². The first-order chi connectivity index (χ1) is 6.99. The molecule has 0 aliphatic rings. The molecule has 0 fully saturated rings. The Morgan fingerprint density at radius 2 is 1.87 bits per heavy atom. The Labute approximate surface area is 99.0 Å². The van der Waals surface area contributed by atoms with Gasteiger partial charge in [-0.2, -0.15) is 4.98 Å². The normalized spacial score (nSPS) is 12.9. The molecule has 0 aromatic carbocycles. The quantitative estimate of drug-likeness (QED) is 0.824. The van der Waals surface area contributed by atoms with Crippen LogP contribution in [-0.4, -0.2) is 21.3 Å². The van der Waals surface area contributed by atoms with Gasteiger partial charge in [0.25, 0.3) is 5.88 Å². The molecule has 0 radical (unpaired) electrons. The van der Waals surface area contributed by atoms with E-state index in [1.54, 1.807) is 0 Å². The van der Waals surface area contributed by atoms with Crippen molar-refractivity contribution in [3.63, 3.8) is 0 Å². The Morgan fingerprint density at radius 1 is 1.20 bits per heavy atom. The van der Waals surface area contributed by atoms with Crippen molar-refractivity contribution in [2.45, 2.75) is 33.3 Å². The minimum Gasteiger partial charge on any atom is -0.472 e. The number of hydrogen-bond donors (Lipinski definition) is 0. The first-order valence-electron chi connectivity index (χ1n) is 4.71. The van der Waals surface area contributed by atoms with Gasteiger partial charge in [0.1, 0.15) is 0 Å². The average Bonchev–Trinajstić information content (AvgIpc) is 2.10. The van der Waals surface area contributed by atoms with Gasteiger partial charge >= 0.3 is 0 Å². The van der Waals surface area contributed by atoms with Crippen LogP contribution in [0.25, 0.3) is 0 Å². The number of rotatable bonds is 4. The topological polar surface area (TPSA) is 47.9 Å². The second kappa shape index (κ2) is 5.47. The molecule has 0 bridgehead atoms. The van der Waals surface area contributed by atoms with E-state index in [-0.39, 0.29) is 22.4 Å². The van der Waals surface area contributed by atoms with Crippen molar-refractivity contribution in [2.75, 3.05) is 0 Å². The Kier molecular flexibility index (Phi) is 4.54. The molecule has 1 aromatic rings. The van der Waals surface area contributed by atoms with E-state index in [0.717, 1.165) is 6.42 Å². The standard InChI is InChI=1S/C9H13Cl2N3O/c1-5(2)4-6(3)15-8-7(10)13-14-9(11)12-8/h5-6H,4H2,1-3H3. The lowest BCUT2D eigenvalue weighted by atomic mass is 10.1. The average molecular weight is 250 g/mol. The van der Waals surface area contributed by atoms with Crippen molar-refractivity contribution in [3.8, 4) is 5.88 Å². The number of aromatic nitrogens is 3. The first kappa shape index (κ1) is 12.5. The number of hydrogen-bond acceptors (Lipinski definition) is 4. The Bertz CT molecular complexity index is 333. The van der Waals surface area contributed by atoms with Crippen LogP contribution in [0.1, 0.15) is 27.2 Å². The summed E-state index contributed by atoms with van der Waals surface area (Å²) in [7, 11) is 0. The number of nitrogens with zero attached hydrogens (tertiary/aromatic N) is 3. The van der Waals surface area contributed by atoms with Crippen LogP contribution in [-0.2, 0) is 0 Å². The summed E-state index contributed by atoms with van der Waals surface area (Å²) in [6.07, 6.45) is 0.938. The highest BCUT2D eigenvalue weighted by Crippen LogP contribution is 2.21. The maximum atomic E-state index is 5.76. The molecular weight excluding hydrogens is 237 g/mol. The summed E-state index contributed by atoms with van der Waals surface area (Å²) in [5, 5.41) is 7.27. The lowest BCUT2D eigenvalue weighted by Gasteiger charge is -2.15. The summed E-state index contributed by atoms with van der Waals surface area (Å²) in [6.45, 7) is 6.19. The van der Waals surface area contributed by atoms with Crippen molar-refractivity contribution < 1.29 is 4.74 Å². The van der Waals surface area contributed by atoms with Crippen molar-refractivity contribution in [1.29, 1.82) is 0 Å². The molecule has 1 heterocycles. The fourth-order valence-electron chi connectivity index (χ4n) is 1.26. The smallest absolute Gasteiger partial charge is 0.257 e. The van der Waals surface area contributed by atoms with Gasteiger partial charge in [0, 0.05) is 0 Å². The third-order valence-electron chi connectivity index (χ3n) is 1.71. The molecule has 1 rings (SSSR count). The highest BCUT2D eigenvalue weighted by Gasteiger charge is 2.12. The van der Waals surface area contributed by atoms with E-state index in [1.165, 1.54) is 0 Å². The summed E-state index contributed by atoms with van der Waals surface area (Å²) in [6, 6.07) is 0. The van der Waals surface area contributed by atoms with Crippen LogP contribution in [0.4, 0.5) is 0 Å². The van der Waals surface area contributed by atoms with Gasteiger partial charge in [0.15, 0.2) is 0 Å². The number of ether oxygens (including phenoxy) is 1. The molecular formula is C9H13Cl2N3O. The van der Waals surface area contributed by atoms with Crippen LogP contribution >= 0.6 is 23.2 Å². The number of halogens is 2. The molecule has 0 spiro atoms. The van der Waals surface area contributed by atoms with Gasteiger partial charge in [-0.3, -0.25) is 0 Å². The zero-order valence-electron chi connectivity index (χ0n) is 8.87. The molecule has 1 atom stereocenters. The Morgan fingerprint density at radius 3 is 2.47 bits per heavy atom. The third-order valence-corrected chi connectivity index (χ3v) is 2.10. The van der Waals surface area contributed by atoms with Gasteiger partial charge < -0.3 is 4.74 Å². The lowest BCUT2D eigenvalue weighted by Crippen LogP contribution is -2.16. The molecule has 0 aliphatic heterocycles. The molecule has 0 amide bonds. The maximum absolute atomic E-state index is 5.76. The SMILES string of the molecule is CC(C)CC(C)Oc1nc(Cl)nnc1Cl. The zero-order chi connectivity index (χ0) is 11.4. The highest BCUT2D eigenvalue weighted by molar-refractivity contribution is 6.31. The molecule has 0 aliphatic carbocycles.